The standard InChI is InChI=1S/C13H26N2/c1-3-5-11-8-12(11)15-9-13-10(2)6-4-7-14-13/h10-15H,3-9H2,1-2H3. The van der Waals surface area contributed by atoms with Crippen molar-refractivity contribution < 1.29 is 0 Å². The Bertz CT molecular complexity index is 193. The first-order chi connectivity index (χ1) is 7.31. The van der Waals surface area contributed by atoms with Crippen LogP contribution in [0.3, 0.4) is 0 Å². The monoisotopic (exact) mass is 210 g/mol. The molecule has 4 atom stereocenters. The molecule has 2 aliphatic rings. The van der Waals surface area contributed by atoms with Gasteiger partial charge < -0.3 is 10.6 Å². The van der Waals surface area contributed by atoms with Gasteiger partial charge in [0.05, 0.1) is 0 Å². The van der Waals surface area contributed by atoms with Gasteiger partial charge in [-0.15, -0.1) is 0 Å². The average molecular weight is 210 g/mol. The fourth-order valence-electron chi connectivity index (χ4n) is 2.85. The van der Waals surface area contributed by atoms with E-state index < -0.39 is 0 Å². The summed E-state index contributed by atoms with van der Waals surface area (Å²) in [5, 5.41) is 7.37. The van der Waals surface area contributed by atoms with E-state index in [9.17, 15) is 0 Å². The summed E-state index contributed by atoms with van der Waals surface area (Å²) < 4.78 is 0. The van der Waals surface area contributed by atoms with Gasteiger partial charge in [0.15, 0.2) is 0 Å². The van der Waals surface area contributed by atoms with E-state index in [0.717, 1.165) is 23.9 Å². The van der Waals surface area contributed by atoms with Crippen molar-refractivity contribution in [1.82, 2.24) is 10.6 Å². The van der Waals surface area contributed by atoms with Gasteiger partial charge in [-0.3, -0.25) is 0 Å². The minimum atomic E-state index is 0.724. The average Bonchev–Trinajstić information content (AvgIpc) is 2.96. The van der Waals surface area contributed by atoms with Gasteiger partial charge in [-0.05, 0) is 44.1 Å². The second-order valence-electron chi connectivity index (χ2n) is 5.48. The minimum absolute atomic E-state index is 0.724. The van der Waals surface area contributed by atoms with Crippen LogP contribution >= 0.6 is 0 Å². The van der Waals surface area contributed by atoms with Crippen molar-refractivity contribution in [3.8, 4) is 0 Å². The van der Waals surface area contributed by atoms with Gasteiger partial charge in [-0.1, -0.05) is 20.3 Å². The second kappa shape index (κ2) is 5.31. The summed E-state index contributed by atoms with van der Waals surface area (Å²) >= 11 is 0. The Morgan fingerprint density at radius 3 is 3.00 bits per heavy atom. The summed E-state index contributed by atoms with van der Waals surface area (Å²) in [5.41, 5.74) is 0. The molecule has 4 unspecified atom stereocenters. The highest BCUT2D eigenvalue weighted by Gasteiger charge is 2.36. The summed E-state index contributed by atoms with van der Waals surface area (Å²) in [6.07, 6.45) is 6.96. The Hall–Kier alpha value is -0.0800. The lowest BCUT2D eigenvalue weighted by Gasteiger charge is -2.30. The van der Waals surface area contributed by atoms with Gasteiger partial charge in [0, 0.05) is 18.6 Å². The van der Waals surface area contributed by atoms with Gasteiger partial charge >= 0.3 is 0 Å². The third-order valence-corrected chi connectivity index (χ3v) is 4.11. The SMILES string of the molecule is CCCC1CC1NCC1NCCCC1C. The van der Waals surface area contributed by atoms with E-state index in [1.54, 1.807) is 0 Å². The highest BCUT2D eigenvalue weighted by atomic mass is 15.0. The van der Waals surface area contributed by atoms with Gasteiger partial charge in [0.2, 0.25) is 0 Å². The summed E-state index contributed by atoms with van der Waals surface area (Å²) in [5.74, 6) is 1.85. The second-order valence-corrected chi connectivity index (χ2v) is 5.48. The fraction of sp³-hybridized carbons (Fsp3) is 1.00. The zero-order valence-electron chi connectivity index (χ0n) is 10.3. The number of nitrogens with one attached hydrogen (secondary N) is 2. The van der Waals surface area contributed by atoms with Crippen LogP contribution in [0.4, 0.5) is 0 Å². The van der Waals surface area contributed by atoms with Crippen LogP contribution in [0.1, 0.15) is 46.0 Å². The van der Waals surface area contributed by atoms with Crippen LogP contribution in [0.15, 0.2) is 0 Å². The number of hydrogen-bond donors (Lipinski definition) is 2. The van der Waals surface area contributed by atoms with Crippen LogP contribution in [0.5, 0.6) is 0 Å². The van der Waals surface area contributed by atoms with Crippen LogP contribution < -0.4 is 10.6 Å². The Kier molecular flexibility index (Phi) is 4.04. The molecular weight excluding hydrogens is 184 g/mol. The molecule has 1 saturated carbocycles. The van der Waals surface area contributed by atoms with E-state index in [-0.39, 0.29) is 0 Å². The molecule has 2 fully saturated rings. The molecule has 2 nitrogen and oxygen atoms in total. The molecule has 88 valence electrons. The quantitative estimate of drug-likeness (QED) is 0.726. The molecule has 0 aromatic rings. The number of piperidine rings is 1. The predicted octanol–water partition coefficient (Wildman–Crippen LogP) is 2.15. The van der Waals surface area contributed by atoms with Crippen molar-refractivity contribution in [2.24, 2.45) is 11.8 Å². The van der Waals surface area contributed by atoms with Crippen molar-refractivity contribution >= 4 is 0 Å². The van der Waals surface area contributed by atoms with Crippen molar-refractivity contribution in [2.75, 3.05) is 13.1 Å². The molecule has 0 amide bonds. The van der Waals surface area contributed by atoms with E-state index >= 15 is 0 Å². The van der Waals surface area contributed by atoms with Crippen LogP contribution in [0.25, 0.3) is 0 Å². The third-order valence-electron chi connectivity index (χ3n) is 4.11. The molecule has 0 bridgehead atoms. The number of hydrogen-bond acceptors (Lipinski definition) is 2. The van der Waals surface area contributed by atoms with E-state index in [0.29, 0.717) is 0 Å². The van der Waals surface area contributed by atoms with E-state index in [1.165, 1.54) is 45.2 Å². The van der Waals surface area contributed by atoms with Crippen molar-refractivity contribution in [2.45, 2.75) is 58.0 Å². The normalized spacial score (nSPS) is 40.4. The van der Waals surface area contributed by atoms with E-state index in [1.807, 2.05) is 0 Å². The van der Waals surface area contributed by atoms with E-state index in [2.05, 4.69) is 24.5 Å². The molecule has 2 heteroatoms. The topological polar surface area (TPSA) is 24.1 Å². The van der Waals surface area contributed by atoms with Crippen molar-refractivity contribution in [3.63, 3.8) is 0 Å². The van der Waals surface area contributed by atoms with Gasteiger partial charge in [0.25, 0.3) is 0 Å². The maximum atomic E-state index is 3.73. The van der Waals surface area contributed by atoms with Crippen LogP contribution in [-0.4, -0.2) is 25.2 Å². The smallest absolute Gasteiger partial charge is 0.0218 e. The Morgan fingerprint density at radius 2 is 2.27 bits per heavy atom. The Labute approximate surface area is 94.2 Å². The molecule has 0 radical (unpaired) electrons. The fourth-order valence-corrected chi connectivity index (χ4v) is 2.85. The maximum Gasteiger partial charge on any atom is 0.0218 e. The molecule has 0 aromatic heterocycles. The molecule has 2 rings (SSSR count). The van der Waals surface area contributed by atoms with Crippen LogP contribution in [-0.2, 0) is 0 Å². The molecule has 0 spiro atoms. The molecular formula is C13H26N2. The molecule has 0 aromatic carbocycles. The first-order valence-corrected chi connectivity index (χ1v) is 6.78. The highest BCUT2D eigenvalue weighted by Crippen LogP contribution is 2.34. The summed E-state index contributed by atoms with van der Waals surface area (Å²) in [6, 6.07) is 1.57. The molecule has 1 aliphatic heterocycles. The number of rotatable bonds is 5. The predicted molar refractivity (Wildman–Crippen MR) is 65.0 cm³/mol. The largest absolute Gasteiger partial charge is 0.312 e. The summed E-state index contributed by atoms with van der Waals surface area (Å²) in [6.45, 7) is 7.08. The minimum Gasteiger partial charge on any atom is -0.312 e. The Morgan fingerprint density at radius 1 is 1.40 bits per heavy atom. The van der Waals surface area contributed by atoms with Crippen LogP contribution in [0, 0.1) is 11.8 Å². The van der Waals surface area contributed by atoms with Gasteiger partial charge in [-0.2, -0.15) is 0 Å². The first kappa shape index (κ1) is 11.4. The zero-order chi connectivity index (χ0) is 10.7. The summed E-state index contributed by atoms with van der Waals surface area (Å²) in [7, 11) is 0. The van der Waals surface area contributed by atoms with Gasteiger partial charge in [0.1, 0.15) is 0 Å². The lowest BCUT2D eigenvalue weighted by atomic mass is 9.93. The maximum absolute atomic E-state index is 3.73. The molecule has 2 N–H and O–H groups in total. The summed E-state index contributed by atoms with van der Waals surface area (Å²) in [4.78, 5) is 0. The third kappa shape index (κ3) is 3.18. The van der Waals surface area contributed by atoms with Crippen molar-refractivity contribution in [1.29, 1.82) is 0 Å². The lowest BCUT2D eigenvalue weighted by molar-refractivity contribution is 0.289. The highest BCUT2D eigenvalue weighted by molar-refractivity contribution is 4.94. The zero-order valence-corrected chi connectivity index (χ0v) is 10.3. The molecule has 1 heterocycles. The Balaban J connectivity index is 1.61. The first-order valence-electron chi connectivity index (χ1n) is 6.78. The van der Waals surface area contributed by atoms with Crippen LogP contribution in [0.2, 0.25) is 0 Å². The lowest BCUT2D eigenvalue weighted by Crippen LogP contribution is -2.47. The molecule has 1 saturated heterocycles. The van der Waals surface area contributed by atoms with Gasteiger partial charge in [-0.25, -0.2) is 0 Å². The van der Waals surface area contributed by atoms with E-state index in [4.69, 9.17) is 0 Å². The molecule has 1 aliphatic carbocycles. The van der Waals surface area contributed by atoms with Crippen molar-refractivity contribution in [3.05, 3.63) is 0 Å². The molecule has 15 heavy (non-hydrogen) atoms.